The van der Waals surface area contributed by atoms with Crippen LogP contribution in [0.15, 0.2) is 111 Å². The second kappa shape index (κ2) is 14.5. The van der Waals surface area contributed by atoms with Crippen molar-refractivity contribution in [1.82, 2.24) is 9.97 Å². The summed E-state index contributed by atoms with van der Waals surface area (Å²) < 4.78 is 22.7. The lowest BCUT2D eigenvalue weighted by Gasteiger charge is -2.12. The first-order valence-electron chi connectivity index (χ1n) is 12.5. The van der Waals surface area contributed by atoms with E-state index in [0.29, 0.717) is 39.6 Å². The Morgan fingerprint density at radius 2 is 1.00 bits per heavy atom. The van der Waals surface area contributed by atoms with Gasteiger partial charge in [-0.25, -0.2) is 0 Å². The number of hydrogen-bond acceptors (Lipinski definition) is 6. The lowest BCUT2D eigenvalue weighted by molar-refractivity contribution is 0.121. The fraction of sp³-hybridized carbons (Fsp3) is 0.188. The molecule has 0 amide bonds. The smallest absolute Gasteiger partial charge is 0.127 e. The van der Waals surface area contributed by atoms with Crippen LogP contribution in [0.5, 0.6) is 11.5 Å². The van der Waals surface area contributed by atoms with E-state index in [1.807, 2.05) is 85.2 Å². The molecule has 0 spiro atoms. The van der Waals surface area contributed by atoms with E-state index in [2.05, 4.69) is 23.1 Å². The molecule has 0 radical (unpaired) electrons. The SMILES string of the molecule is C=CCOCCOc1ccccc1-c1ccc(-c2ccc(-c3ccccc3OCCOCC=C)cn2)nc1. The van der Waals surface area contributed by atoms with Gasteiger partial charge in [0.05, 0.1) is 37.8 Å². The zero-order valence-corrected chi connectivity index (χ0v) is 21.4. The van der Waals surface area contributed by atoms with Gasteiger partial charge in [0.25, 0.3) is 0 Å². The third kappa shape index (κ3) is 7.38. The Bertz CT molecular complexity index is 1200. The standard InChI is InChI=1S/C32H32N2O4/c1-3-17-35-19-21-37-31-11-7-5-9-27(31)25-13-15-29(33-23-25)30-16-14-26(24-34-30)28-10-6-8-12-32(28)38-22-20-36-18-4-2/h3-16,23-24H,1-2,17-22H2. The maximum atomic E-state index is 5.94. The summed E-state index contributed by atoms with van der Waals surface area (Å²) >= 11 is 0. The molecule has 4 aromatic rings. The number of para-hydroxylation sites is 2. The summed E-state index contributed by atoms with van der Waals surface area (Å²) in [6.45, 7) is 10.2. The van der Waals surface area contributed by atoms with E-state index in [0.717, 1.165) is 45.1 Å². The first kappa shape index (κ1) is 26.8. The summed E-state index contributed by atoms with van der Waals surface area (Å²) in [6, 6.07) is 23.8. The second-order valence-corrected chi connectivity index (χ2v) is 8.28. The van der Waals surface area contributed by atoms with Crippen molar-refractivity contribution >= 4 is 0 Å². The Balaban J connectivity index is 1.43. The van der Waals surface area contributed by atoms with Crippen molar-refractivity contribution in [3.05, 3.63) is 111 Å². The zero-order valence-electron chi connectivity index (χ0n) is 21.4. The van der Waals surface area contributed by atoms with Crippen LogP contribution in [-0.2, 0) is 9.47 Å². The Morgan fingerprint density at radius 1 is 0.553 bits per heavy atom. The molecule has 0 aliphatic rings. The Hall–Kier alpha value is -4.26. The molecule has 0 atom stereocenters. The van der Waals surface area contributed by atoms with Crippen molar-refractivity contribution in [2.75, 3.05) is 39.6 Å². The van der Waals surface area contributed by atoms with E-state index in [9.17, 15) is 0 Å². The van der Waals surface area contributed by atoms with Gasteiger partial charge in [-0.1, -0.05) is 60.7 Å². The minimum atomic E-state index is 0.462. The molecule has 6 heteroatoms. The van der Waals surface area contributed by atoms with Crippen LogP contribution in [0, 0.1) is 0 Å². The third-order valence-electron chi connectivity index (χ3n) is 5.63. The summed E-state index contributed by atoms with van der Waals surface area (Å²) in [5.41, 5.74) is 5.48. The molecule has 2 aromatic heterocycles. The van der Waals surface area contributed by atoms with E-state index in [4.69, 9.17) is 18.9 Å². The average Bonchev–Trinajstić information content (AvgIpc) is 2.98. The van der Waals surface area contributed by atoms with Crippen LogP contribution >= 0.6 is 0 Å². The number of pyridine rings is 2. The van der Waals surface area contributed by atoms with Gasteiger partial charge in [0.2, 0.25) is 0 Å². The van der Waals surface area contributed by atoms with Gasteiger partial charge in [-0.3, -0.25) is 9.97 Å². The molecule has 38 heavy (non-hydrogen) atoms. The fourth-order valence-electron chi connectivity index (χ4n) is 3.83. The van der Waals surface area contributed by atoms with Crippen LogP contribution in [-0.4, -0.2) is 49.6 Å². The van der Waals surface area contributed by atoms with Gasteiger partial charge >= 0.3 is 0 Å². The first-order chi connectivity index (χ1) is 18.8. The largest absolute Gasteiger partial charge is 0.491 e. The van der Waals surface area contributed by atoms with E-state index in [1.165, 1.54) is 0 Å². The number of hydrogen-bond donors (Lipinski definition) is 0. The highest BCUT2D eigenvalue weighted by molar-refractivity contribution is 5.73. The molecule has 2 aromatic carbocycles. The van der Waals surface area contributed by atoms with Crippen LogP contribution in [0.4, 0.5) is 0 Å². The van der Waals surface area contributed by atoms with Crippen molar-refractivity contribution in [3.8, 4) is 45.1 Å². The number of nitrogens with zero attached hydrogens (tertiary/aromatic N) is 2. The fourth-order valence-corrected chi connectivity index (χ4v) is 3.83. The quantitative estimate of drug-likeness (QED) is 0.132. The maximum Gasteiger partial charge on any atom is 0.127 e. The number of aromatic nitrogens is 2. The summed E-state index contributed by atoms with van der Waals surface area (Å²) in [6.07, 6.45) is 7.14. The van der Waals surface area contributed by atoms with Crippen LogP contribution in [0.1, 0.15) is 0 Å². The molecule has 0 aliphatic carbocycles. The van der Waals surface area contributed by atoms with Crippen LogP contribution < -0.4 is 9.47 Å². The Kier molecular flexibility index (Phi) is 10.2. The van der Waals surface area contributed by atoms with Gasteiger partial charge in [0.15, 0.2) is 0 Å². The van der Waals surface area contributed by atoms with Crippen LogP contribution in [0.3, 0.4) is 0 Å². The number of rotatable bonds is 15. The molecule has 0 fully saturated rings. The van der Waals surface area contributed by atoms with Crippen molar-refractivity contribution < 1.29 is 18.9 Å². The molecule has 194 valence electrons. The normalized spacial score (nSPS) is 10.6. The molecular formula is C32H32N2O4. The molecule has 2 heterocycles. The third-order valence-corrected chi connectivity index (χ3v) is 5.63. The molecule has 0 saturated carbocycles. The van der Waals surface area contributed by atoms with Crippen molar-refractivity contribution in [2.45, 2.75) is 0 Å². The highest BCUT2D eigenvalue weighted by atomic mass is 16.5. The summed E-state index contributed by atoms with van der Waals surface area (Å²) in [7, 11) is 0. The number of ether oxygens (including phenoxy) is 4. The lowest BCUT2D eigenvalue weighted by Crippen LogP contribution is -2.07. The molecule has 4 rings (SSSR count). The van der Waals surface area contributed by atoms with Crippen molar-refractivity contribution in [1.29, 1.82) is 0 Å². The second-order valence-electron chi connectivity index (χ2n) is 8.28. The van der Waals surface area contributed by atoms with Crippen molar-refractivity contribution in [3.63, 3.8) is 0 Å². The predicted octanol–water partition coefficient (Wildman–Crippen LogP) is 6.64. The average molecular weight is 509 g/mol. The summed E-state index contributed by atoms with van der Waals surface area (Å²) in [4.78, 5) is 9.35. The highest BCUT2D eigenvalue weighted by Gasteiger charge is 2.10. The maximum absolute atomic E-state index is 5.94. The van der Waals surface area contributed by atoms with E-state index in [-0.39, 0.29) is 0 Å². The molecular weight excluding hydrogens is 476 g/mol. The molecule has 6 nitrogen and oxygen atoms in total. The summed E-state index contributed by atoms with van der Waals surface area (Å²) in [5, 5.41) is 0. The zero-order chi connectivity index (χ0) is 26.4. The topological polar surface area (TPSA) is 62.7 Å². The van der Waals surface area contributed by atoms with E-state index < -0.39 is 0 Å². The van der Waals surface area contributed by atoms with Gasteiger partial charge in [-0.2, -0.15) is 0 Å². The Morgan fingerprint density at radius 3 is 1.39 bits per heavy atom. The van der Waals surface area contributed by atoms with Gasteiger partial charge < -0.3 is 18.9 Å². The van der Waals surface area contributed by atoms with Crippen LogP contribution in [0.2, 0.25) is 0 Å². The van der Waals surface area contributed by atoms with Gasteiger partial charge in [-0.05, 0) is 24.3 Å². The highest BCUT2D eigenvalue weighted by Crippen LogP contribution is 2.32. The van der Waals surface area contributed by atoms with Gasteiger partial charge in [0.1, 0.15) is 24.7 Å². The van der Waals surface area contributed by atoms with E-state index >= 15 is 0 Å². The molecule has 0 N–H and O–H groups in total. The number of benzene rings is 2. The summed E-state index contributed by atoms with van der Waals surface area (Å²) in [5.74, 6) is 1.58. The van der Waals surface area contributed by atoms with E-state index in [1.54, 1.807) is 12.2 Å². The molecule has 0 bridgehead atoms. The molecule has 0 aliphatic heterocycles. The van der Waals surface area contributed by atoms with Crippen molar-refractivity contribution in [2.24, 2.45) is 0 Å². The van der Waals surface area contributed by atoms with Gasteiger partial charge in [-0.15, -0.1) is 13.2 Å². The minimum absolute atomic E-state index is 0.462. The molecule has 0 saturated heterocycles. The van der Waals surface area contributed by atoms with Gasteiger partial charge in [0, 0.05) is 34.6 Å². The monoisotopic (exact) mass is 508 g/mol. The van der Waals surface area contributed by atoms with Crippen LogP contribution in [0.25, 0.3) is 33.6 Å². The molecule has 0 unspecified atom stereocenters. The predicted molar refractivity (Wildman–Crippen MR) is 151 cm³/mol. The minimum Gasteiger partial charge on any atom is -0.491 e. The Labute approximate surface area is 224 Å². The first-order valence-corrected chi connectivity index (χ1v) is 12.5. The lowest BCUT2D eigenvalue weighted by atomic mass is 10.0.